The highest BCUT2D eigenvalue weighted by Gasteiger charge is 2.21. The van der Waals surface area contributed by atoms with Gasteiger partial charge >= 0.3 is 0 Å². The van der Waals surface area contributed by atoms with Crippen molar-refractivity contribution < 1.29 is 0 Å². The van der Waals surface area contributed by atoms with Crippen LogP contribution in [0.25, 0.3) is 0 Å². The highest BCUT2D eigenvalue weighted by molar-refractivity contribution is 5.46. The van der Waals surface area contributed by atoms with E-state index < -0.39 is 0 Å². The van der Waals surface area contributed by atoms with Gasteiger partial charge in [-0.05, 0) is 79.5 Å². The van der Waals surface area contributed by atoms with E-state index in [0.717, 1.165) is 34.9 Å². The SMILES string of the molecule is CCC#Cc1ccc(C#Cc2ccc(C3CCC(CCCC)CC3)cc2)cc1. The van der Waals surface area contributed by atoms with E-state index in [2.05, 4.69) is 73.9 Å². The molecule has 0 saturated heterocycles. The van der Waals surface area contributed by atoms with Crippen LogP contribution in [0.1, 0.15) is 93.4 Å². The summed E-state index contributed by atoms with van der Waals surface area (Å²) >= 11 is 0. The van der Waals surface area contributed by atoms with Gasteiger partial charge in [0.15, 0.2) is 0 Å². The van der Waals surface area contributed by atoms with Crippen LogP contribution in [-0.2, 0) is 0 Å². The Morgan fingerprint density at radius 3 is 1.79 bits per heavy atom. The first kappa shape index (κ1) is 20.3. The number of rotatable bonds is 4. The standard InChI is InChI=1S/C28H32/c1-3-5-7-23-9-11-25(12-10-23)13-14-26-17-21-28(22-18-26)27-19-15-24(16-20-27)8-6-4-2/h9-12,17-18,21-22,24,27H,3-4,6,8,15-16,19-20H2,1-2H3. The molecule has 0 heterocycles. The topological polar surface area (TPSA) is 0 Å². The van der Waals surface area contributed by atoms with Crippen LogP contribution in [0.2, 0.25) is 0 Å². The molecule has 3 rings (SSSR count). The Hall–Kier alpha value is -2.44. The molecule has 2 aromatic carbocycles. The van der Waals surface area contributed by atoms with Crippen LogP contribution >= 0.6 is 0 Å². The molecule has 0 atom stereocenters. The van der Waals surface area contributed by atoms with Crippen LogP contribution in [0, 0.1) is 29.6 Å². The monoisotopic (exact) mass is 368 g/mol. The maximum Gasteiger partial charge on any atom is 0.0249 e. The fourth-order valence-corrected chi connectivity index (χ4v) is 4.09. The lowest BCUT2D eigenvalue weighted by Gasteiger charge is -2.28. The Balaban J connectivity index is 1.56. The van der Waals surface area contributed by atoms with Crippen LogP contribution in [0.15, 0.2) is 48.5 Å². The average molecular weight is 369 g/mol. The molecule has 144 valence electrons. The Morgan fingerprint density at radius 2 is 1.25 bits per heavy atom. The quantitative estimate of drug-likeness (QED) is 0.496. The third kappa shape index (κ3) is 6.04. The second-order valence-corrected chi connectivity index (χ2v) is 7.96. The lowest BCUT2D eigenvalue weighted by molar-refractivity contribution is 0.304. The van der Waals surface area contributed by atoms with Gasteiger partial charge in [0.2, 0.25) is 0 Å². The fourth-order valence-electron chi connectivity index (χ4n) is 4.09. The molecule has 2 aromatic rings. The van der Waals surface area contributed by atoms with E-state index in [-0.39, 0.29) is 0 Å². The molecule has 0 aromatic heterocycles. The van der Waals surface area contributed by atoms with Gasteiger partial charge < -0.3 is 0 Å². The predicted octanol–water partition coefficient (Wildman–Crippen LogP) is 7.31. The molecular weight excluding hydrogens is 336 g/mol. The van der Waals surface area contributed by atoms with Crippen molar-refractivity contribution in [1.82, 2.24) is 0 Å². The molecule has 1 saturated carbocycles. The molecule has 0 N–H and O–H groups in total. The first-order valence-electron chi connectivity index (χ1n) is 11.0. The van der Waals surface area contributed by atoms with Gasteiger partial charge in [-0.25, -0.2) is 0 Å². The lowest BCUT2D eigenvalue weighted by Crippen LogP contribution is -2.13. The van der Waals surface area contributed by atoms with E-state index in [0.29, 0.717) is 0 Å². The van der Waals surface area contributed by atoms with Crippen LogP contribution in [0.5, 0.6) is 0 Å². The van der Waals surface area contributed by atoms with Crippen molar-refractivity contribution >= 4 is 0 Å². The zero-order valence-corrected chi connectivity index (χ0v) is 17.4. The summed E-state index contributed by atoms with van der Waals surface area (Å²) < 4.78 is 0. The van der Waals surface area contributed by atoms with E-state index in [1.807, 2.05) is 12.1 Å². The number of benzene rings is 2. The third-order valence-electron chi connectivity index (χ3n) is 5.84. The fraction of sp³-hybridized carbons (Fsp3) is 0.429. The summed E-state index contributed by atoms with van der Waals surface area (Å²) in [4.78, 5) is 0. The van der Waals surface area contributed by atoms with Crippen molar-refractivity contribution in [1.29, 1.82) is 0 Å². The predicted molar refractivity (Wildman–Crippen MR) is 120 cm³/mol. The minimum atomic E-state index is 0.747. The maximum absolute atomic E-state index is 3.30. The first-order chi connectivity index (χ1) is 13.8. The molecule has 0 aliphatic heterocycles. The molecule has 28 heavy (non-hydrogen) atoms. The summed E-state index contributed by atoms with van der Waals surface area (Å²) in [6.07, 6.45) is 10.6. The Labute approximate surface area is 171 Å². The smallest absolute Gasteiger partial charge is 0.0249 e. The Kier molecular flexibility index (Phi) is 7.82. The average Bonchev–Trinajstić information content (AvgIpc) is 2.76. The van der Waals surface area contributed by atoms with Gasteiger partial charge in [-0.3, -0.25) is 0 Å². The molecule has 0 heteroatoms. The second-order valence-electron chi connectivity index (χ2n) is 7.96. The minimum Gasteiger partial charge on any atom is -0.0982 e. The Morgan fingerprint density at radius 1 is 0.714 bits per heavy atom. The first-order valence-corrected chi connectivity index (χ1v) is 11.0. The summed E-state index contributed by atoms with van der Waals surface area (Å²) in [6.45, 7) is 4.37. The van der Waals surface area contributed by atoms with Gasteiger partial charge in [0.1, 0.15) is 0 Å². The van der Waals surface area contributed by atoms with E-state index in [9.17, 15) is 0 Å². The van der Waals surface area contributed by atoms with Crippen molar-refractivity contribution in [2.24, 2.45) is 5.92 Å². The minimum absolute atomic E-state index is 0.747. The molecule has 0 radical (unpaired) electrons. The summed E-state index contributed by atoms with van der Waals surface area (Å²) in [7, 11) is 0. The van der Waals surface area contributed by atoms with Gasteiger partial charge in [-0.1, -0.05) is 68.9 Å². The molecular formula is C28H32. The van der Waals surface area contributed by atoms with Crippen molar-refractivity contribution in [3.8, 4) is 23.7 Å². The summed E-state index contributed by atoms with van der Waals surface area (Å²) in [6, 6.07) is 17.2. The second kappa shape index (κ2) is 10.8. The Bertz CT molecular complexity index is 839. The lowest BCUT2D eigenvalue weighted by atomic mass is 9.77. The zero-order chi connectivity index (χ0) is 19.6. The highest BCUT2D eigenvalue weighted by atomic mass is 14.3. The van der Waals surface area contributed by atoms with E-state index in [4.69, 9.17) is 0 Å². The molecule has 0 bridgehead atoms. The van der Waals surface area contributed by atoms with Crippen molar-refractivity contribution in [3.63, 3.8) is 0 Å². The molecule has 0 unspecified atom stereocenters. The van der Waals surface area contributed by atoms with Crippen molar-refractivity contribution in [2.75, 3.05) is 0 Å². The van der Waals surface area contributed by atoms with E-state index in [1.54, 1.807) is 0 Å². The summed E-state index contributed by atoms with van der Waals surface area (Å²) in [5, 5.41) is 0. The van der Waals surface area contributed by atoms with E-state index >= 15 is 0 Å². The van der Waals surface area contributed by atoms with E-state index in [1.165, 1.54) is 50.5 Å². The van der Waals surface area contributed by atoms with Gasteiger partial charge in [0.25, 0.3) is 0 Å². The van der Waals surface area contributed by atoms with Crippen LogP contribution < -0.4 is 0 Å². The van der Waals surface area contributed by atoms with Gasteiger partial charge in [0.05, 0.1) is 0 Å². The number of hydrogen-bond acceptors (Lipinski definition) is 0. The normalized spacial score (nSPS) is 18.5. The largest absolute Gasteiger partial charge is 0.0982 e. The molecule has 1 fully saturated rings. The van der Waals surface area contributed by atoms with Crippen LogP contribution in [0.4, 0.5) is 0 Å². The van der Waals surface area contributed by atoms with Gasteiger partial charge in [-0.2, -0.15) is 0 Å². The molecule has 0 amide bonds. The zero-order valence-electron chi connectivity index (χ0n) is 17.4. The summed E-state index contributed by atoms with van der Waals surface area (Å²) in [5.74, 6) is 14.5. The summed E-state index contributed by atoms with van der Waals surface area (Å²) in [5.41, 5.74) is 4.69. The molecule has 0 spiro atoms. The van der Waals surface area contributed by atoms with Crippen molar-refractivity contribution in [3.05, 3.63) is 70.8 Å². The maximum atomic E-state index is 3.30. The molecule has 1 aliphatic rings. The van der Waals surface area contributed by atoms with Crippen molar-refractivity contribution in [2.45, 2.75) is 71.1 Å². The molecule has 0 nitrogen and oxygen atoms in total. The third-order valence-corrected chi connectivity index (χ3v) is 5.84. The van der Waals surface area contributed by atoms with Gasteiger partial charge in [-0.15, -0.1) is 0 Å². The van der Waals surface area contributed by atoms with Crippen LogP contribution in [0.3, 0.4) is 0 Å². The van der Waals surface area contributed by atoms with Crippen LogP contribution in [-0.4, -0.2) is 0 Å². The number of hydrogen-bond donors (Lipinski definition) is 0. The van der Waals surface area contributed by atoms with Gasteiger partial charge in [0, 0.05) is 23.1 Å². The molecule has 1 aliphatic carbocycles. The number of unbranched alkanes of at least 4 members (excludes halogenated alkanes) is 1. The highest BCUT2D eigenvalue weighted by Crippen LogP contribution is 2.37.